The Morgan fingerprint density at radius 1 is 1.28 bits per heavy atom. The number of likely N-dealkylation sites (N-methyl/N-ethyl adjacent to an activating group) is 1. The molecule has 1 unspecified atom stereocenters. The van der Waals surface area contributed by atoms with Crippen LogP contribution in [-0.4, -0.2) is 75.4 Å². The molecule has 1 fully saturated rings. The van der Waals surface area contributed by atoms with Crippen molar-refractivity contribution in [2.45, 2.75) is 12.1 Å². The normalized spacial score (nSPS) is 20.4. The largest absolute Gasteiger partial charge is 0.353 e. The predicted molar refractivity (Wildman–Crippen MR) is 91.5 cm³/mol. The van der Waals surface area contributed by atoms with Gasteiger partial charge < -0.3 is 20.0 Å². The predicted octanol–water partition coefficient (Wildman–Crippen LogP) is -0.791. The van der Waals surface area contributed by atoms with Crippen LogP contribution in [0.4, 0.5) is 11.6 Å². The molecule has 0 aromatic carbocycles. The van der Waals surface area contributed by atoms with Crippen LogP contribution in [0.2, 0.25) is 0 Å². The van der Waals surface area contributed by atoms with Crippen LogP contribution in [0.3, 0.4) is 0 Å². The number of carbonyl (C=O) groups excluding carboxylic acids is 1. The maximum atomic E-state index is 11.7. The van der Waals surface area contributed by atoms with Crippen molar-refractivity contribution >= 4 is 23.6 Å². The molecule has 0 radical (unpaired) electrons. The molecule has 4 heterocycles. The molecular weight excluding hydrogens is 322 g/mol. The third-order valence-electron chi connectivity index (χ3n) is 4.55. The van der Waals surface area contributed by atoms with E-state index in [9.17, 15) is 4.79 Å². The number of carbonyl (C=O) groups is 1. The van der Waals surface area contributed by atoms with Crippen LogP contribution in [0.1, 0.15) is 0 Å². The maximum absolute atomic E-state index is 11.7. The van der Waals surface area contributed by atoms with Crippen molar-refractivity contribution in [3.05, 3.63) is 31.0 Å². The first-order valence-corrected chi connectivity index (χ1v) is 7.98. The van der Waals surface area contributed by atoms with E-state index < -0.39 is 6.04 Å². The van der Waals surface area contributed by atoms with Crippen LogP contribution in [0, 0.1) is 0 Å². The highest BCUT2D eigenvalue weighted by Gasteiger charge is 2.33. The molecule has 2 aromatic rings. The van der Waals surface area contributed by atoms with Gasteiger partial charge in [-0.2, -0.15) is 0 Å². The van der Waals surface area contributed by atoms with Crippen LogP contribution in [0.15, 0.2) is 31.0 Å². The fourth-order valence-corrected chi connectivity index (χ4v) is 2.93. The highest BCUT2D eigenvalue weighted by atomic mass is 16.1. The number of hydrogen-bond donors (Lipinski definition) is 1. The van der Waals surface area contributed by atoms with Gasteiger partial charge in [-0.25, -0.2) is 14.6 Å². The first-order valence-electron chi connectivity index (χ1n) is 7.98. The molecule has 2 aliphatic heterocycles. The molecule has 0 saturated carbocycles. The maximum Gasteiger partial charge on any atom is 0.153 e. The Morgan fingerprint density at radius 3 is 2.76 bits per heavy atom. The van der Waals surface area contributed by atoms with Crippen molar-refractivity contribution in [1.82, 2.24) is 35.3 Å². The number of anilines is 2. The Labute approximate surface area is 144 Å². The van der Waals surface area contributed by atoms with Crippen LogP contribution in [-0.2, 0) is 4.79 Å². The summed E-state index contributed by atoms with van der Waals surface area (Å²) in [6.45, 7) is 1.85. The van der Waals surface area contributed by atoms with E-state index in [4.69, 9.17) is 0 Å². The van der Waals surface area contributed by atoms with Crippen molar-refractivity contribution in [2.24, 2.45) is 0 Å². The second-order valence-corrected chi connectivity index (χ2v) is 6.25. The minimum absolute atomic E-state index is 0.534. The molecular formula is C15H19N9O. The van der Waals surface area contributed by atoms with Gasteiger partial charge >= 0.3 is 0 Å². The SMILES string of the molecule is CN(C)C1CN(c2cc(N3NC=C(n4ccnn4)C3C=O)ncn2)C1. The molecule has 25 heavy (non-hydrogen) atoms. The average molecular weight is 341 g/mol. The van der Waals surface area contributed by atoms with Gasteiger partial charge in [-0.15, -0.1) is 5.10 Å². The van der Waals surface area contributed by atoms with Gasteiger partial charge in [0.25, 0.3) is 0 Å². The smallest absolute Gasteiger partial charge is 0.153 e. The molecule has 1 saturated heterocycles. The number of nitrogens with one attached hydrogen (secondary N) is 1. The molecule has 1 atom stereocenters. The minimum atomic E-state index is -0.546. The van der Waals surface area contributed by atoms with E-state index >= 15 is 0 Å². The summed E-state index contributed by atoms with van der Waals surface area (Å²) >= 11 is 0. The van der Waals surface area contributed by atoms with Gasteiger partial charge in [-0.05, 0) is 14.1 Å². The van der Waals surface area contributed by atoms with Gasteiger partial charge in [0.2, 0.25) is 0 Å². The van der Waals surface area contributed by atoms with Crippen molar-refractivity contribution in [3.8, 4) is 0 Å². The van der Waals surface area contributed by atoms with Crippen LogP contribution < -0.4 is 15.3 Å². The highest BCUT2D eigenvalue weighted by molar-refractivity contribution is 5.83. The summed E-state index contributed by atoms with van der Waals surface area (Å²) in [7, 11) is 4.15. The Bertz CT molecular complexity index is 782. The lowest BCUT2D eigenvalue weighted by atomic mass is 10.1. The van der Waals surface area contributed by atoms with E-state index in [0.717, 1.165) is 25.2 Å². The molecule has 0 amide bonds. The van der Waals surface area contributed by atoms with Crippen LogP contribution in [0.5, 0.6) is 0 Å². The van der Waals surface area contributed by atoms with Gasteiger partial charge in [0.05, 0.1) is 18.1 Å². The van der Waals surface area contributed by atoms with E-state index in [0.29, 0.717) is 17.6 Å². The van der Waals surface area contributed by atoms with Crippen molar-refractivity contribution < 1.29 is 4.79 Å². The molecule has 1 N–H and O–H groups in total. The molecule has 2 aliphatic rings. The van der Waals surface area contributed by atoms with E-state index in [1.807, 2.05) is 6.07 Å². The number of hydrazine groups is 1. The zero-order valence-corrected chi connectivity index (χ0v) is 14.0. The fourth-order valence-electron chi connectivity index (χ4n) is 2.93. The van der Waals surface area contributed by atoms with Crippen molar-refractivity contribution in [3.63, 3.8) is 0 Å². The average Bonchev–Trinajstić information content (AvgIpc) is 3.22. The van der Waals surface area contributed by atoms with E-state index in [1.54, 1.807) is 28.3 Å². The first-order chi connectivity index (χ1) is 12.2. The first kappa shape index (κ1) is 15.5. The standard InChI is InChI=1S/C15H19N9O/c1-21(2)11-7-22(8-11)14-5-15(17-10-16-14)24-13(9-25)12(6-19-24)23-4-3-18-20-23/h3-6,9-11,13,19H,7-8H2,1-2H3. The third-order valence-corrected chi connectivity index (χ3v) is 4.55. The number of aldehydes is 1. The van der Waals surface area contributed by atoms with Gasteiger partial charge in [-0.3, -0.25) is 5.01 Å². The molecule has 10 heteroatoms. The molecule has 0 spiro atoms. The van der Waals surface area contributed by atoms with Gasteiger partial charge in [0.15, 0.2) is 18.1 Å². The summed E-state index contributed by atoms with van der Waals surface area (Å²) in [6.07, 6.45) is 7.35. The van der Waals surface area contributed by atoms with E-state index in [2.05, 4.69) is 49.6 Å². The van der Waals surface area contributed by atoms with Gasteiger partial charge in [0.1, 0.15) is 12.1 Å². The second kappa shape index (κ2) is 6.13. The van der Waals surface area contributed by atoms with Crippen molar-refractivity contribution in [2.75, 3.05) is 37.1 Å². The summed E-state index contributed by atoms with van der Waals surface area (Å²) in [5, 5.41) is 9.42. The number of aromatic nitrogens is 5. The molecule has 0 bridgehead atoms. The monoisotopic (exact) mass is 341 g/mol. The zero-order chi connectivity index (χ0) is 17.4. The molecule has 4 rings (SSSR count). The lowest BCUT2D eigenvalue weighted by molar-refractivity contribution is -0.108. The Hall–Kier alpha value is -3.01. The summed E-state index contributed by atoms with van der Waals surface area (Å²) in [5.41, 5.74) is 3.76. The second-order valence-electron chi connectivity index (χ2n) is 6.25. The number of rotatable bonds is 5. The van der Waals surface area contributed by atoms with Crippen LogP contribution in [0.25, 0.3) is 5.70 Å². The quantitative estimate of drug-likeness (QED) is 0.702. The summed E-state index contributed by atoms with van der Waals surface area (Å²) in [5.74, 6) is 1.48. The van der Waals surface area contributed by atoms with Crippen molar-refractivity contribution in [1.29, 1.82) is 0 Å². The Balaban J connectivity index is 1.53. The topological polar surface area (TPSA) is 95.3 Å². The molecule has 2 aromatic heterocycles. The molecule has 130 valence electrons. The fraction of sp³-hybridized carbons (Fsp3) is 0.400. The summed E-state index contributed by atoms with van der Waals surface area (Å²) < 4.78 is 1.56. The molecule has 10 nitrogen and oxygen atoms in total. The lowest BCUT2D eigenvalue weighted by Crippen LogP contribution is -2.57. The Kier molecular flexibility index (Phi) is 3.80. The lowest BCUT2D eigenvalue weighted by Gasteiger charge is -2.43. The number of nitrogens with zero attached hydrogens (tertiary/aromatic N) is 8. The van der Waals surface area contributed by atoms with Crippen LogP contribution >= 0.6 is 0 Å². The minimum Gasteiger partial charge on any atom is -0.353 e. The van der Waals surface area contributed by atoms with E-state index in [1.165, 1.54) is 6.33 Å². The van der Waals surface area contributed by atoms with Gasteiger partial charge in [0, 0.05) is 31.4 Å². The summed E-state index contributed by atoms with van der Waals surface area (Å²) in [6, 6.07) is 1.87. The highest BCUT2D eigenvalue weighted by Crippen LogP contribution is 2.27. The zero-order valence-electron chi connectivity index (χ0n) is 14.0. The van der Waals surface area contributed by atoms with Gasteiger partial charge in [-0.1, -0.05) is 5.21 Å². The number of hydrogen-bond acceptors (Lipinski definition) is 9. The summed E-state index contributed by atoms with van der Waals surface area (Å²) in [4.78, 5) is 24.7. The van der Waals surface area contributed by atoms with E-state index in [-0.39, 0.29) is 0 Å². The molecule has 0 aliphatic carbocycles. The Morgan fingerprint density at radius 2 is 2.08 bits per heavy atom. The third kappa shape index (κ3) is 2.70.